The van der Waals surface area contributed by atoms with E-state index in [1.165, 1.54) is 6.07 Å². The SMILES string of the molecule is Cc1ncsc1CCC(=O)N1CCc2onc(-c3ccccc3F)c2C1. The Hall–Kier alpha value is -2.54. The quantitative estimate of drug-likeness (QED) is 0.701. The van der Waals surface area contributed by atoms with Crippen LogP contribution in [0.15, 0.2) is 34.3 Å². The first kappa shape index (κ1) is 16.9. The lowest BCUT2D eigenvalue weighted by Gasteiger charge is -2.26. The number of carbonyl (C=O) groups excluding carboxylic acids is 1. The molecule has 2 aromatic heterocycles. The molecule has 0 N–H and O–H groups in total. The number of aromatic nitrogens is 2. The Bertz CT molecular complexity index is 950. The van der Waals surface area contributed by atoms with Crippen LogP contribution >= 0.6 is 11.3 Å². The van der Waals surface area contributed by atoms with Crippen LogP contribution in [-0.2, 0) is 24.2 Å². The van der Waals surface area contributed by atoms with Crippen molar-refractivity contribution in [2.45, 2.75) is 32.7 Å². The van der Waals surface area contributed by atoms with Gasteiger partial charge < -0.3 is 9.42 Å². The molecule has 0 saturated heterocycles. The van der Waals surface area contributed by atoms with Crippen LogP contribution in [0.5, 0.6) is 0 Å². The Morgan fingerprint density at radius 2 is 2.23 bits per heavy atom. The Labute approximate surface area is 154 Å². The van der Waals surface area contributed by atoms with E-state index < -0.39 is 0 Å². The largest absolute Gasteiger partial charge is 0.360 e. The molecule has 1 aliphatic heterocycles. The zero-order chi connectivity index (χ0) is 18.1. The summed E-state index contributed by atoms with van der Waals surface area (Å²) in [7, 11) is 0. The molecule has 0 aliphatic carbocycles. The maximum Gasteiger partial charge on any atom is 0.223 e. The van der Waals surface area contributed by atoms with Gasteiger partial charge in [-0.3, -0.25) is 4.79 Å². The average molecular weight is 371 g/mol. The van der Waals surface area contributed by atoms with E-state index in [4.69, 9.17) is 4.52 Å². The molecule has 0 fully saturated rings. The van der Waals surface area contributed by atoms with Crippen LogP contribution < -0.4 is 0 Å². The van der Waals surface area contributed by atoms with Crippen molar-refractivity contribution in [3.63, 3.8) is 0 Å². The number of amides is 1. The Morgan fingerprint density at radius 3 is 3.00 bits per heavy atom. The van der Waals surface area contributed by atoms with Gasteiger partial charge in [0.2, 0.25) is 5.91 Å². The van der Waals surface area contributed by atoms with Gasteiger partial charge in [-0.2, -0.15) is 0 Å². The van der Waals surface area contributed by atoms with Crippen LogP contribution in [0.2, 0.25) is 0 Å². The first-order valence-electron chi connectivity index (χ1n) is 8.52. The minimum atomic E-state index is -0.340. The molecule has 0 bridgehead atoms. The predicted molar refractivity (Wildman–Crippen MR) is 96.2 cm³/mol. The van der Waals surface area contributed by atoms with Crippen LogP contribution in [0.1, 0.15) is 28.3 Å². The smallest absolute Gasteiger partial charge is 0.223 e. The summed E-state index contributed by atoms with van der Waals surface area (Å²) in [6, 6.07) is 6.49. The summed E-state index contributed by atoms with van der Waals surface area (Å²) in [4.78, 5) is 19.8. The van der Waals surface area contributed by atoms with E-state index in [0.717, 1.165) is 21.9 Å². The zero-order valence-corrected chi connectivity index (χ0v) is 15.2. The highest BCUT2D eigenvalue weighted by molar-refractivity contribution is 7.09. The first-order chi connectivity index (χ1) is 12.6. The second-order valence-electron chi connectivity index (χ2n) is 6.34. The summed E-state index contributed by atoms with van der Waals surface area (Å²) < 4.78 is 19.5. The summed E-state index contributed by atoms with van der Waals surface area (Å²) in [6.45, 7) is 2.96. The normalized spacial score (nSPS) is 13.7. The number of rotatable bonds is 4. The summed E-state index contributed by atoms with van der Waals surface area (Å²) in [5.41, 5.74) is 4.51. The molecule has 4 rings (SSSR count). The minimum Gasteiger partial charge on any atom is -0.360 e. The third-order valence-electron chi connectivity index (χ3n) is 4.72. The van der Waals surface area contributed by atoms with E-state index in [0.29, 0.717) is 43.6 Å². The van der Waals surface area contributed by atoms with Crippen molar-refractivity contribution in [2.24, 2.45) is 0 Å². The molecule has 0 saturated carbocycles. The van der Waals surface area contributed by atoms with E-state index in [-0.39, 0.29) is 11.7 Å². The Balaban J connectivity index is 1.50. The summed E-state index contributed by atoms with van der Waals surface area (Å²) in [6.07, 6.45) is 1.74. The van der Waals surface area contributed by atoms with Crippen molar-refractivity contribution in [1.29, 1.82) is 0 Å². The molecule has 1 aliphatic rings. The molecule has 134 valence electrons. The van der Waals surface area contributed by atoms with Crippen LogP contribution in [0.3, 0.4) is 0 Å². The molecule has 0 radical (unpaired) electrons. The molecule has 3 aromatic rings. The number of hydrogen-bond donors (Lipinski definition) is 0. The number of hydrogen-bond acceptors (Lipinski definition) is 5. The molecule has 0 atom stereocenters. The van der Waals surface area contributed by atoms with Gasteiger partial charge in [0.1, 0.15) is 17.3 Å². The summed E-state index contributed by atoms with van der Waals surface area (Å²) in [5.74, 6) is 0.488. The third-order valence-corrected chi connectivity index (χ3v) is 5.71. The maximum atomic E-state index is 14.1. The van der Waals surface area contributed by atoms with Gasteiger partial charge in [0.05, 0.1) is 17.7 Å². The Kier molecular flexibility index (Phi) is 4.55. The van der Waals surface area contributed by atoms with E-state index in [1.54, 1.807) is 39.9 Å². The first-order valence-corrected chi connectivity index (χ1v) is 9.40. The number of fused-ring (bicyclic) bond motifs is 1. The molecule has 0 spiro atoms. The molecule has 0 unspecified atom stereocenters. The maximum absolute atomic E-state index is 14.1. The Morgan fingerprint density at radius 1 is 1.38 bits per heavy atom. The average Bonchev–Trinajstić information content (AvgIpc) is 3.25. The summed E-state index contributed by atoms with van der Waals surface area (Å²) >= 11 is 1.58. The molecule has 7 heteroatoms. The van der Waals surface area contributed by atoms with Crippen LogP contribution in [0.4, 0.5) is 4.39 Å². The standard InChI is InChI=1S/C19H18FN3O2S/c1-12-17(26-11-21-12)6-7-18(24)23-9-8-16-14(10-23)19(22-25-16)13-4-2-3-5-15(13)20/h2-5,11H,6-10H2,1H3. The fourth-order valence-electron chi connectivity index (χ4n) is 3.23. The molecule has 1 aromatic carbocycles. The monoisotopic (exact) mass is 371 g/mol. The van der Waals surface area contributed by atoms with Gasteiger partial charge in [-0.25, -0.2) is 9.37 Å². The van der Waals surface area contributed by atoms with Gasteiger partial charge >= 0.3 is 0 Å². The van der Waals surface area contributed by atoms with Gasteiger partial charge in [-0.05, 0) is 25.5 Å². The van der Waals surface area contributed by atoms with Gasteiger partial charge in [0.25, 0.3) is 0 Å². The van der Waals surface area contributed by atoms with Crippen molar-refractivity contribution in [3.05, 3.63) is 57.5 Å². The van der Waals surface area contributed by atoms with Crippen LogP contribution in [0, 0.1) is 12.7 Å². The lowest BCUT2D eigenvalue weighted by Crippen LogP contribution is -2.35. The van der Waals surface area contributed by atoms with E-state index in [2.05, 4.69) is 10.1 Å². The lowest BCUT2D eigenvalue weighted by molar-refractivity contribution is -0.132. The van der Waals surface area contributed by atoms with E-state index in [1.807, 2.05) is 6.92 Å². The fourth-order valence-corrected chi connectivity index (χ4v) is 4.01. The van der Waals surface area contributed by atoms with Gasteiger partial charge in [0.15, 0.2) is 0 Å². The second kappa shape index (κ2) is 6.99. The number of halogens is 1. The molecule has 1 amide bonds. The van der Waals surface area contributed by atoms with Crippen molar-refractivity contribution in [2.75, 3.05) is 6.54 Å². The van der Waals surface area contributed by atoms with Crippen molar-refractivity contribution >= 4 is 17.2 Å². The minimum absolute atomic E-state index is 0.0872. The highest BCUT2D eigenvalue weighted by atomic mass is 32.1. The molecule has 3 heterocycles. The molecular formula is C19H18FN3O2S. The van der Waals surface area contributed by atoms with Gasteiger partial charge in [0, 0.05) is 35.4 Å². The highest BCUT2D eigenvalue weighted by Gasteiger charge is 2.28. The number of aryl methyl sites for hydroxylation is 2. The predicted octanol–water partition coefficient (Wildman–Crippen LogP) is 3.76. The van der Waals surface area contributed by atoms with Gasteiger partial charge in [-0.15, -0.1) is 11.3 Å². The fraction of sp³-hybridized carbons (Fsp3) is 0.316. The van der Waals surface area contributed by atoms with Crippen molar-refractivity contribution in [3.8, 4) is 11.3 Å². The number of carbonyl (C=O) groups is 1. The number of benzene rings is 1. The lowest BCUT2D eigenvalue weighted by atomic mass is 10.0. The van der Waals surface area contributed by atoms with Crippen LogP contribution in [-0.4, -0.2) is 27.5 Å². The molecular weight excluding hydrogens is 353 g/mol. The second-order valence-corrected chi connectivity index (χ2v) is 7.28. The van der Waals surface area contributed by atoms with Crippen molar-refractivity contribution < 1.29 is 13.7 Å². The topological polar surface area (TPSA) is 59.2 Å². The number of thiazole rings is 1. The zero-order valence-electron chi connectivity index (χ0n) is 14.4. The van der Waals surface area contributed by atoms with E-state index >= 15 is 0 Å². The summed E-state index contributed by atoms with van der Waals surface area (Å²) in [5, 5.41) is 4.06. The molecule has 26 heavy (non-hydrogen) atoms. The number of nitrogens with zero attached hydrogens (tertiary/aromatic N) is 3. The van der Waals surface area contributed by atoms with E-state index in [9.17, 15) is 9.18 Å². The van der Waals surface area contributed by atoms with Crippen LogP contribution in [0.25, 0.3) is 11.3 Å². The third kappa shape index (κ3) is 3.14. The highest BCUT2D eigenvalue weighted by Crippen LogP contribution is 2.31. The van der Waals surface area contributed by atoms with Gasteiger partial charge in [-0.1, -0.05) is 17.3 Å². The van der Waals surface area contributed by atoms with Crippen molar-refractivity contribution in [1.82, 2.24) is 15.0 Å². The molecule has 5 nitrogen and oxygen atoms in total.